The molecule has 2 aromatic heterocycles. The zero-order valence-corrected chi connectivity index (χ0v) is 18.2. The SMILES string of the molecule is CC1(C)C[C@H](c2ccccc2)Nc2c(C(=O)N3CC4CC4(c4ccsc4)C3)cnn21. The molecule has 154 valence electrons. The van der Waals surface area contributed by atoms with Gasteiger partial charge in [0, 0.05) is 18.5 Å². The number of nitrogens with one attached hydrogen (secondary N) is 1. The molecule has 3 aliphatic rings. The summed E-state index contributed by atoms with van der Waals surface area (Å²) < 4.78 is 2.01. The molecule has 3 atom stereocenters. The van der Waals surface area contributed by atoms with Gasteiger partial charge in [-0.1, -0.05) is 30.3 Å². The van der Waals surface area contributed by atoms with E-state index in [-0.39, 0.29) is 22.9 Å². The topological polar surface area (TPSA) is 50.2 Å². The van der Waals surface area contributed by atoms with E-state index < -0.39 is 0 Å². The van der Waals surface area contributed by atoms with Crippen molar-refractivity contribution in [1.82, 2.24) is 14.7 Å². The summed E-state index contributed by atoms with van der Waals surface area (Å²) in [6, 6.07) is 12.9. The number of carbonyl (C=O) groups is 1. The van der Waals surface area contributed by atoms with Crippen molar-refractivity contribution in [3.05, 3.63) is 70.0 Å². The van der Waals surface area contributed by atoms with Crippen LogP contribution in [0.25, 0.3) is 0 Å². The third kappa shape index (κ3) is 2.59. The highest BCUT2D eigenvalue weighted by Gasteiger charge is 2.62. The van der Waals surface area contributed by atoms with Crippen molar-refractivity contribution in [3.63, 3.8) is 0 Å². The van der Waals surface area contributed by atoms with Gasteiger partial charge in [-0.25, -0.2) is 4.68 Å². The summed E-state index contributed by atoms with van der Waals surface area (Å²) >= 11 is 1.75. The number of anilines is 1. The smallest absolute Gasteiger partial charge is 0.259 e. The predicted molar refractivity (Wildman–Crippen MR) is 119 cm³/mol. The van der Waals surface area contributed by atoms with E-state index in [0.717, 1.165) is 25.3 Å². The number of aromatic nitrogens is 2. The van der Waals surface area contributed by atoms with E-state index in [2.05, 4.69) is 65.4 Å². The Morgan fingerprint density at radius 1 is 1.20 bits per heavy atom. The summed E-state index contributed by atoms with van der Waals surface area (Å²) in [5.74, 6) is 1.56. The number of piperidine rings is 1. The van der Waals surface area contributed by atoms with Crippen LogP contribution in [0, 0.1) is 5.92 Å². The molecule has 0 bridgehead atoms. The van der Waals surface area contributed by atoms with Crippen LogP contribution in [0.1, 0.15) is 54.2 Å². The molecule has 0 radical (unpaired) electrons. The Kier molecular flexibility index (Phi) is 3.76. The Bertz CT molecular complexity index is 1100. The molecule has 1 saturated carbocycles. The number of benzene rings is 1. The summed E-state index contributed by atoms with van der Waals surface area (Å²) in [7, 11) is 0. The van der Waals surface area contributed by atoms with Crippen LogP contribution in [0.5, 0.6) is 0 Å². The molecule has 1 N–H and O–H groups in total. The molecule has 2 aliphatic heterocycles. The quantitative estimate of drug-likeness (QED) is 0.674. The van der Waals surface area contributed by atoms with Crippen LogP contribution in [-0.2, 0) is 11.0 Å². The van der Waals surface area contributed by atoms with Gasteiger partial charge in [0.1, 0.15) is 11.4 Å². The molecule has 0 spiro atoms. The molecule has 5 nitrogen and oxygen atoms in total. The monoisotopic (exact) mass is 418 g/mol. The zero-order valence-electron chi connectivity index (χ0n) is 17.3. The van der Waals surface area contributed by atoms with Gasteiger partial charge in [-0.05, 0) is 60.6 Å². The average molecular weight is 419 g/mol. The van der Waals surface area contributed by atoms with Gasteiger partial charge >= 0.3 is 0 Å². The molecule has 3 aromatic rings. The normalized spacial score (nSPS) is 28.5. The molecule has 1 saturated heterocycles. The van der Waals surface area contributed by atoms with Crippen LogP contribution < -0.4 is 5.32 Å². The minimum absolute atomic E-state index is 0.107. The average Bonchev–Trinajstić information content (AvgIpc) is 3.21. The Morgan fingerprint density at radius 2 is 2.03 bits per heavy atom. The van der Waals surface area contributed by atoms with E-state index >= 15 is 0 Å². The Morgan fingerprint density at radius 3 is 2.80 bits per heavy atom. The number of fused-ring (bicyclic) bond motifs is 2. The Balaban J connectivity index is 1.30. The van der Waals surface area contributed by atoms with Gasteiger partial charge in [-0.2, -0.15) is 16.4 Å². The molecule has 2 fully saturated rings. The van der Waals surface area contributed by atoms with Gasteiger partial charge in [0.2, 0.25) is 0 Å². The highest BCUT2D eigenvalue weighted by molar-refractivity contribution is 7.08. The van der Waals surface area contributed by atoms with Crippen LogP contribution in [0.15, 0.2) is 53.4 Å². The van der Waals surface area contributed by atoms with Crippen molar-refractivity contribution in [3.8, 4) is 0 Å². The minimum Gasteiger partial charge on any atom is -0.363 e. The predicted octanol–water partition coefficient (Wildman–Crippen LogP) is 4.65. The van der Waals surface area contributed by atoms with Gasteiger partial charge in [-0.3, -0.25) is 4.79 Å². The van der Waals surface area contributed by atoms with Crippen molar-refractivity contribution in [2.45, 2.75) is 43.7 Å². The summed E-state index contributed by atoms with van der Waals surface area (Å²) in [4.78, 5) is 15.6. The zero-order chi connectivity index (χ0) is 20.5. The van der Waals surface area contributed by atoms with E-state index in [1.165, 1.54) is 17.5 Å². The molecule has 6 rings (SSSR count). The van der Waals surface area contributed by atoms with Gasteiger partial charge in [-0.15, -0.1) is 0 Å². The van der Waals surface area contributed by atoms with Crippen molar-refractivity contribution in [2.75, 3.05) is 18.4 Å². The number of hydrogen-bond acceptors (Lipinski definition) is 4. The molecule has 1 amide bonds. The first kappa shape index (κ1) is 18.2. The number of rotatable bonds is 3. The standard InChI is InChI=1S/C24H26N4OS/c1-23(2)11-20(16-6-4-3-5-7-16)26-21-19(12-25-28(21)23)22(29)27-13-18-10-24(18,15-27)17-8-9-30-14-17/h3-9,12,14,18,20,26H,10-11,13,15H2,1-2H3/t18?,20-,24?/m1/s1. The maximum atomic E-state index is 13.5. The third-order valence-corrected chi connectivity index (χ3v) is 8.00. The second kappa shape index (κ2) is 6.20. The van der Waals surface area contributed by atoms with Crippen LogP contribution in [-0.4, -0.2) is 33.7 Å². The van der Waals surface area contributed by atoms with Crippen LogP contribution in [0.2, 0.25) is 0 Å². The first-order valence-corrected chi connectivity index (χ1v) is 11.6. The van der Waals surface area contributed by atoms with Crippen LogP contribution in [0.3, 0.4) is 0 Å². The molecule has 4 heterocycles. The van der Waals surface area contributed by atoms with Gasteiger partial charge < -0.3 is 10.2 Å². The highest BCUT2D eigenvalue weighted by atomic mass is 32.1. The maximum Gasteiger partial charge on any atom is 0.259 e. The van der Waals surface area contributed by atoms with E-state index in [1.54, 1.807) is 17.5 Å². The summed E-state index contributed by atoms with van der Waals surface area (Å²) in [6.45, 7) is 6.07. The third-order valence-electron chi connectivity index (χ3n) is 7.32. The fraction of sp³-hybridized carbons (Fsp3) is 0.417. The van der Waals surface area contributed by atoms with Gasteiger partial charge in [0.25, 0.3) is 5.91 Å². The lowest BCUT2D eigenvalue weighted by atomic mass is 9.89. The van der Waals surface area contributed by atoms with Gasteiger partial charge in [0.15, 0.2) is 0 Å². The van der Waals surface area contributed by atoms with Crippen molar-refractivity contribution < 1.29 is 4.79 Å². The van der Waals surface area contributed by atoms with E-state index in [1.807, 2.05) is 15.6 Å². The minimum atomic E-state index is -0.162. The number of thiophene rings is 1. The number of hydrogen-bond donors (Lipinski definition) is 1. The largest absolute Gasteiger partial charge is 0.363 e. The van der Waals surface area contributed by atoms with Crippen molar-refractivity contribution in [2.24, 2.45) is 5.92 Å². The van der Waals surface area contributed by atoms with E-state index in [4.69, 9.17) is 0 Å². The van der Waals surface area contributed by atoms with Crippen molar-refractivity contribution >= 4 is 23.1 Å². The number of carbonyl (C=O) groups excluding carboxylic acids is 1. The van der Waals surface area contributed by atoms with Crippen molar-refractivity contribution in [1.29, 1.82) is 0 Å². The summed E-state index contributed by atoms with van der Waals surface area (Å²) in [5.41, 5.74) is 3.39. The lowest BCUT2D eigenvalue weighted by Gasteiger charge is -2.38. The molecule has 2 unspecified atom stereocenters. The Hall–Kier alpha value is -2.60. The Labute approximate surface area is 180 Å². The highest BCUT2D eigenvalue weighted by Crippen LogP contribution is 2.59. The lowest BCUT2D eigenvalue weighted by Crippen LogP contribution is -2.39. The lowest BCUT2D eigenvalue weighted by molar-refractivity contribution is 0.0772. The molecular formula is C24H26N4OS. The van der Waals surface area contributed by atoms with E-state index in [9.17, 15) is 4.79 Å². The molecular weight excluding hydrogens is 392 g/mol. The first-order chi connectivity index (χ1) is 14.5. The molecule has 6 heteroatoms. The van der Waals surface area contributed by atoms with Crippen LogP contribution in [0.4, 0.5) is 5.82 Å². The molecule has 30 heavy (non-hydrogen) atoms. The van der Waals surface area contributed by atoms with Gasteiger partial charge in [0.05, 0.1) is 17.8 Å². The summed E-state index contributed by atoms with van der Waals surface area (Å²) in [5, 5.41) is 12.7. The fourth-order valence-corrected chi connectivity index (χ4v) is 6.36. The second-order valence-electron chi connectivity index (χ2n) is 9.70. The number of likely N-dealkylation sites (tertiary alicyclic amines) is 1. The molecule has 1 aliphatic carbocycles. The molecule has 1 aromatic carbocycles. The fourth-order valence-electron chi connectivity index (χ4n) is 5.59. The van der Waals surface area contributed by atoms with E-state index in [0.29, 0.717) is 11.5 Å². The number of nitrogens with zero attached hydrogens (tertiary/aromatic N) is 3. The first-order valence-electron chi connectivity index (χ1n) is 10.7. The second-order valence-corrected chi connectivity index (χ2v) is 10.5. The maximum absolute atomic E-state index is 13.5. The van der Waals surface area contributed by atoms with Crippen LogP contribution >= 0.6 is 11.3 Å². The summed E-state index contributed by atoms with van der Waals surface area (Å²) in [6.07, 6.45) is 3.90. The number of amides is 1.